The van der Waals surface area contributed by atoms with Crippen molar-refractivity contribution in [3.05, 3.63) is 105 Å². The van der Waals surface area contributed by atoms with Crippen molar-refractivity contribution in [1.82, 2.24) is 10.6 Å². The number of rotatable bonds is 11. The first-order valence-corrected chi connectivity index (χ1v) is 12.2. The molecule has 3 aromatic carbocycles. The van der Waals surface area contributed by atoms with Gasteiger partial charge in [0.2, 0.25) is 0 Å². The van der Waals surface area contributed by atoms with Gasteiger partial charge in [0.25, 0.3) is 11.8 Å². The third-order valence-electron chi connectivity index (χ3n) is 5.10. The van der Waals surface area contributed by atoms with E-state index in [1.807, 2.05) is 6.07 Å². The number of alkyl halides is 3. The Morgan fingerprint density at radius 1 is 0.950 bits per heavy atom. The van der Waals surface area contributed by atoms with Crippen LogP contribution >= 0.6 is 23.2 Å². The van der Waals surface area contributed by atoms with E-state index in [4.69, 9.17) is 27.9 Å². The van der Waals surface area contributed by atoms with Crippen molar-refractivity contribution in [2.24, 2.45) is 0 Å². The van der Waals surface area contributed by atoms with Crippen LogP contribution in [0.4, 0.5) is 13.2 Å². The van der Waals surface area contributed by atoms with Gasteiger partial charge in [0.05, 0.1) is 23.3 Å². The Morgan fingerprint density at radius 2 is 1.62 bits per heavy atom. The summed E-state index contributed by atoms with van der Waals surface area (Å²) in [5.74, 6) is -3.78. The van der Waals surface area contributed by atoms with Crippen molar-refractivity contribution in [2.75, 3.05) is 6.61 Å². The summed E-state index contributed by atoms with van der Waals surface area (Å²) in [6.45, 7) is -0.290. The highest BCUT2D eigenvalue weighted by atomic mass is 35.5. The van der Waals surface area contributed by atoms with E-state index < -0.39 is 35.9 Å². The molecule has 0 spiro atoms. The molecule has 0 aliphatic rings. The molecule has 0 aromatic heterocycles. The zero-order valence-electron chi connectivity index (χ0n) is 20.4. The molecule has 2 amide bonds. The molecule has 1 atom stereocenters. The molecule has 3 rings (SSSR count). The number of carbonyl (C=O) groups excluding carboxylic acids is 2. The number of benzene rings is 3. The molecule has 0 radical (unpaired) electrons. The Hall–Kier alpha value is -4.06. The highest BCUT2D eigenvalue weighted by molar-refractivity contribution is 6.42. The smallest absolute Gasteiger partial charge is 0.480 e. The van der Waals surface area contributed by atoms with Crippen LogP contribution in [-0.2, 0) is 20.9 Å². The van der Waals surface area contributed by atoms with Crippen LogP contribution in [0.5, 0.6) is 5.75 Å². The van der Waals surface area contributed by atoms with Gasteiger partial charge in [-0.3, -0.25) is 9.59 Å². The minimum atomic E-state index is -4.91. The fourth-order valence-electron chi connectivity index (χ4n) is 3.21. The molecular weight excluding hydrogens is 576 g/mol. The minimum absolute atomic E-state index is 0.0945. The van der Waals surface area contributed by atoms with Gasteiger partial charge < -0.3 is 25.2 Å². The van der Waals surface area contributed by atoms with E-state index in [1.54, 1.807) is 24.3 Å². The third kappa shape index (κ3) is 9.60. The molecule has 0 saturated heterocycles. The molecule has 0 heterocycles. The lowest BCUT2D eigenvalue weighted by Gasteiger charge is -2.17. The molecule has 40 heavy (non-hydrogen) atoms. The van der Waals surface area contributed by atoms with Crippen LogP contribution < -0.4 is 15.4 Å². The average Bonchev–Trinajstić information content (AvgIpc) is 2.89. The topological polar surface area (TPSA) is 114 Å². The molecule has 0 saturated carbocycles. The first kappa shape index (κ1) is 30.5. The van der Waals surface area contributed by atoms with E-state index in [2.05, 4.69) is 15.4 Å². The van der Waals surface area contributed by atoms with Crippen LogP contribution in [0.1, 0.15) is 21.5 Å². The van der Waals surface area contributed by atoms with E-state index in [0.29, 0.717) is 5.56 Å². The fourth-order valence-corrected chi connectivity index (χ4v) is 3.52. The van der Waals surface area contributed by atoms with Crippen LogP contribution in [0.15, 0.2) is 78.5 Å². The van der Waals surface area contributed by atoms with Crippen molar-refractivity contribution in [3.63, 3.8) is 0 Å². The molecule has 0 aliphatic heterocycles. The van der Waals surface area contributed by atoms with Crippen LogP contribution in [0, 0.1) is 0 Å². The zero-order chi connectivity index (χ0) is 29.3. The molecule has 0 aliphatic carbocycles. The zero-order valence-corrected chi connectivity index (χ0v) is 21.9. The predicted octanol–water partition coefficient (Wildman–Crippen LogP) is 5.45. The Labute approximate surface area is 236 Å². The summed E-state index contributed by atoms with van der Waals surface area (Å²) in [5, 5.41) is 14.6. The van der Waals surface area contributed by atoms with Crippen LogP contribution in [0.25, 0.3) is 6.08 Å². The molecule has 3 N–H and O–H groups in total. The molecule has 0 bridgehead atoms. The summed E-state index contributed by atoms with van der Waals surface area (Å²) < 4.78 is 46.5. The number of carboxylic acids is 1. The van der Waals surface area contributed by atoms with Gasteiger partial charge in [-0.25, -0.2) is 4.79 Å². The highest BCUT2D eigenvalue weighted by Gasteiger charge is 2.31. The maximum atomic E-state index is 13.1. The number of ether oxygens (including phenoxy) is 2. The lowest BCUT2D eigenvalue weighted by molar-refractivity contribution is -0.274. The largest absolute Gasteiger partial charge is 0.573 e. The molecular formula is C27H21Cl2F3N2O6. The maximum Gasteiger partial charge on any atom is 0.573 e. The van der Waals surface area contributed by atoms with Crippen molar-refractivity contribution in [2.45, 2.75) is 19.0 Å². The van der Waals surface area contributed by atoms with Gasteiger partial charge in [-0.05, 0) is 53.6 Å². The quantitative estimate of drug-likeness (QED) is 0.254. The maximum absolute atomic E-state index is 13.1. The second-order valence-electron chi connectivity index (χ2n) is 8.12. The summed E-state index contributed by atoms with van der Waals surface area (Å²) in [4.78, 5) is 37.7. The summed E-state index contributed by atoms with van der Waals surface area (Å²) in [5.41, 5.74) is 0.634. The van der Waals surface area contributed by atoms with E-state index in [1.165, 1.54) is 24.3 Å². The first-order valence-electron chi connectivity index (χ1n) is 11.4. The Balaban J connectivity index is 1.79. The van der Waals surface area contributed by atoms with Crippen LogP contribution in [-0.4, -0.2) is 41.9 Å². The highest BCUT2D eigenvalue weighted by Crippen LogP contribution is 2.24. The van der Waals surface area contributed by atoms with Gasteiger partial charge in [-0.15, -0.1) is 13.2 Å². The normalized spacial score (nSPS) is 12.4. The number of carbonyl (C=O) groups is 3. The molecule has 13 heteroatoms. The van der Waals surface area contributed by atoms with Gasteiger partial charge in [0.15, 0.2) is 6.04 Å². The third-order valence-corrected chi connectivity index (χ3v) is 5.84. The number of hydrogen-bond donors (Lipinski definition) is 3. The Bertz CT molecular complexity index is 1380. The SMILES string of the molecule is O=C(N[C@H](COCc1ccccc1)C(=O)O)C(=Cc1ccc(Cl)c(Cl)c1)NC(=O)c1ccc(OC(F)(F)F)cc1. The summed E-state index contributed by atoms with van der Waals surface area (Å²) in [6, 6.07) is 15.8. The van der Waals surface area contributed by atoms with Gasteiger partial charge in [-0.1, -0.05) is 59.6 Å². The standard InChI is InChI=1S/C27H21Cl2F3N2O6/c28-20-11-6-17(12-21(20)29)13-22(33-24(35)18-7-9-19(10-8-18)40-27(30,31)32)25(36)34-23(26(37)38)15-39-14-16-4-2-1-3-5-16/h1-13,23H,14-15H2,(H,33,35)(H,34,36)(H,37,38)/t23-/m1/s1. The number of nitrogens with one attached hydrogen (secondary N) is 2. The summed E-state index contributed by atoms with van der Waals surface area (Å²) in [7, 11) is 0. The minimum Gasteiger partial charge on any atom is -0.480 e. The fraction of sp³-hybridized carbons (Fsp3) is 0.148. The second-order valence-corrected chi connectivity index (χ2v) is 8.94. The molecule has 0 unspecified atom stereocenters. The number of carboxylic acid groups (broad SMARTS) is 1. The van der Waals surface area contributed by atoms with Crippen molar-refractivity contribution < 1.29 is 42.1 Å². The molecule has 3 aromatic rings. The number of amides is 2. The van der Waals surface area contributed by atoms with Crippen molar-refractivity contribution in [3.8, 4) is 5.75 Å². The van der Waals surface area contributed by atoms with Crippen molar-refractivity contribution in [1.29, 1.82) is 0 Å². The van der Waals surface area contributed by atoms with Gasteiger partial charge in [-0.2, -0.15) is 0 Å². The number of aliphatic carboxylic acids is 1. The van der Waals surface area contributed by atoms with Crippen LogP contribution in [0.2, 0.25) is 10.0 Å². The number of halogens is 5. The first-order chi connectivity index (χ1) is 18.9. The lowest BCUT2D eigenvalue weighted by atomic mass is 10.1. The predicted molar refractivity (Wildman–Crippen MR) is 141 cm³/mol. The van der Waals surface area contributed by atoms with Gasteiger partial charge >= 0.3 is 12.3 Å². The van der Waals surface area contributed by atoms with Gasteiger partial charge in [0, 0.05) is 5.56 Å². The Morgan fingerprint density at radius 3 is 2.23 bits per heavy atom. The van der Waals surface area contributed by atoms with E-state index in [9.17, 15) is 32.7 Å². The monoisotopic (exact) mass is 596 g/mol. The average molecular weight is 597 g/mol. The molecule has 0 fully saturated rings. The lowest BCUT2D eigenvalue weighted by Crippen LogP contribution is -2.46. The van der Waals surface area contributed by atoms with E-state index >= 15 is 0 Å². The Kier molecular flexibility index (Phi) is 10.5. The van der Waals surface area contributed by atoms with E-state index in [-0.39, 0.29) is 34.5 Å². The summed E-state index contributed by atoms with van der Waals surface area (Å²) in [6.07, 6.45) is -3.69. The number of hydrogen-bond acceptors (Lipinski definition) is 5. The molecule has 210 valence electrons. The van der Waals surface area contributed by atoms with Crippen molar-refractivity contribution >= 4 is 47.1 Å². The molecule has 8 nitrogen and oxygen atoms in total. The van der Waals surface area contributed by atoms with Crippen LogP contribution in [0.3, 0.4) is 0 Å². The van der Waals surface area contributed by atoms with Gasteiger partial charge in [0.1, 0.15) is 11.4 Å². The van der Waals surface area contributed by atoms with E-state index in [0.717, 1.165) is 29.8 Å². The summed E-state index contributed by atoms with van der Waals surface area (Å²) >= 11 is 12.0. The second kappa shape index (κ2) is 13.8.